The SMILES string of the molecule is Cc1ccc(-c2sc(NC(=O)CC3CCCC3)nc2C)cc1S(=O)(=O)Nc1ccc(C#N)cc1.O=C(O)C(F)(F)F. The Morgan fingerprint density at radius 1 is 1.12 bits per heavy atom. The average Bonchev–Trinajstić information content (AvgIpc) is 3.53. The third-order valence-corrected chi connectivity index (χ3v) is 8.89. The van der Waals surface area contributed by atoms with Gasteiger partial charge in [0.2, 0.25) is 5.91 Å². The predicted molar refractivity (Wildman–Crippen MR) is 148 cm³/mol. The molecule has 3 N–H and O–H groups in total. The first-order valence-electron chi connectivity index (χ1n) is 12.4. The summed E-state index contributed by atoms with van der Waals surface area (Å²) >= 11 is 1.34. The third-order valence-electron chi connectivity index (χ3n) is 6.24. The monoisotopic (exact) mass is 608 g/mol. The molecule has 0 aliphatic heterocycles. The number of nitriles is 1. The van der Waals surface area contributed by atoms with Crippen LogP contribution < -0.4 is 10.0 Å². The normalized spacial score (nSPS) is 13.6. The van der Waals surface area contributed by atoms with Gasteiger partial charge >= 0.3 is 12.1 Å². The van der Waals surface area contributed by atoms with Crippen LogP contribution in [0.4, 0.5) is 24.0 Å². The molecule has 1 aromatic heterocycles. The molecule has 4 rings (SSSR count). The minimum atomic E-state index is -5.08. The zero-order valence-corrected chi connectivity index (χ0v) is 23.7. The molecule has 1 amide bonds. The van der Waals surface area contributed by atoms with Crippen molar-refractivity contribution in [1.29, 1.82) is 5.26 Å². The summed E-state index contributed by atoms with van der Waals surface area (Å²) < 4.78 is 60.5. The zero-order valence-electron chi connectivity index (χ0n) is 22.1. The van der Waals surface area contributed by atoms with Gasteiger partial charge in [-0.3, -0.25) is 9.52 Å². The van der Waals surface area contributed by atoms with Crippen molar-refractivity contribution in [3.8, 4) is 16.5 Å². The molecule has 9 nitrogen and oxygen atoms in total. The van der Waals surface area contributed by atoms with Crippen LogP contribution in [0.15, 0.2) is 47.4 Å². The molecule has 0 radical (unpaired) electrons. The highest BCUT2D eigenvalue weighted by Gasteiger charge is 2.38. The smallest absolute Gasteiger partial charge is 0.475 e. The van der Waals surface area contributed by atoms with Crippen molar-refractivity contribution in [2.45, 2.75) is 57.0 Å². The van der Waals surface area contributed by atoms with Gasteiger partial charge in [-0.1, -0.05) is 36.3 Å². The standard InChI is InChI=1S/C25H26N4O3S2.C2HF3O2/c1-16-7-10-20(14-22(16)34(31,32)29-21-11-8-19(15-26)9-12-21)24-17(2)27-25(33-24)28-23(30)13-18-5-3-4-6-18;3-2(4,5)1(6)7/h7-12,14,18,29H,3-6,13H2,1-2H3,(H,27,28,30);(H,6,7). The van der Waals surface area contributed by atoms with E-state index in [4.69, 9.17) is 15.2 Å². The summed E-state index contributed by atoms with van der Waals surface area (Å²) in [6, 6.07) is 13.5. The Hall–Kier alpha value is -3.96. The van der Waals surface area contributed by atoms with Crippen molar-refractivity contribution in [3.05, 3.63) is 59.3 Å². The van der Waals surface area contributed by atoms with E-state index < -0.39 is 22.2 Å². The van der Waals surface area contributed by atoms with Gasteiger partial charge in [-0.15, -0.1) is 0 Å². The van der Waals surface area contributed by atoms with E-state index in [2.05, 4.69) is 15.0 Å². The number of nitrogens with one attached hydrogen (secondary N) is 2. The first kappa shape index (κ1) is 31.6. The molecule has 14 heteroatoms. The molecule has 41 heavy (non-hydrogen) atoms. The van der Waals surface area contributed by atoms with Crippen molar-refractivity contribution >= 4 is 44.1 Å². The summed E-state index contributed by atoms with van der Waals surface area (Å²) in [6.07, 6.45) is 0.0234. The molecule has 1 aliphatic rings. The number of hydrogen-bond donors (Lipinski definition) is 3. The fourth-order valence-corrected chi connectivity index (χ4v) is 6.53. The lowest BCUT2D eigenvalue weighted by Gasteiger charge is -2.12. The minimum Gasteiger partial charge on any atom is -0.475 e. The van der Waals surface area contributed by atoms with Crippen molar-refractivity contribution in [3.63, 3.8) is 0 Å². The maximum atomic E-state index is 13.1. The number of anilines is 2. The summed E-state index contributed by atoms with van der Waals surface area (Å²) in [7, 11) is -3.85. The van der Waals surface area contributed by atoms with Crippen LogP contribution in [-0.2, 0) is 19.6 Å². The second-order valence-electron chi connectivity index (χ2n) is 9.41. The fourth-order valence-electron chi connectivity index (χ4n) is 4.22. The molecule has 0 unspecified atom stereocenters. The fraction of sp³-hybridized carbons (Fsp3) is 0.333. The number of amides is 1. The van der Waals surface area contributed by atoms with Crippen molar-refractivity contribution in [1.82, 2.24) is 4.98 Å². The Morgan fingerprint density at radius 2 is 1.73 bits per heavy atom. The number of nitrogens with zero attached hydrogens (tertiary/aromatic N) is 2. The number of sulfonamides is 1. The second kappa shape index (κ2) is 13.1. The summed E-state index contributed by atoms with van der Waals surface area (Å²) in [5.41, 5.74) is 2.89. The molecule has 0 bridgehead atoms. The number of aryl methyl sites for hydroxylation is 2. The number of benzene rings is 2. The van der Waals surface area contributed by atoms with Crippen molar-refractivity contribution in [2.24, 2.45) is 5.92 Å². The van der Waals surface area contributed by atoms with Crippen LogP contribution in [0.5, 0.6) is 0 Å². The van der Waals surface area contributed by atoms with Crippen LogP contribution in [0.3, 0.4) is 0 Å². The molecule has 3 aromatic rings. The molecule has 1 heterocycles. The Bertz CT molecular complexity index is 1560. The van der Waals surface area contributed by atoms with Gasteiger partial charge in [-0.05, 0) is 74.1 Å². The number of carbonyl (C=O) groups is 2. The Balaban J connectivity index is 0.000000587. The van der Waals surface area contributed by atoms with E-state index in [0.29, 0.717) is 34.3 Å². The molecule has 218 valence electrons. The number of carboxylic acid groups (broad SMARTS) is 1. The van der Waals surface area contributed by atoms with Gasteiger partial charge in [0.05, 0.1) is 27.1 Å². The molecule has 0 spiro atoms. The lowest BCUT2D eigenvalue weighted by Crippen LogP contribution is -2.21. The van der Waals surface area contributed by atoms with Gasteiger partial charge in [0, 0.05) is 12.1 Å². The third kappa shape index (κ3) is 8.76. The second-order valence-corrected chi connectivity index (χ2v) is 12.1. The van der Waals surface area contributed by atoms with Crippen molar-refractivity contribution < 1.29 is 36.3 Å². The molecular weight excluding hydrogens is 581 g/mol. The van der Waals surface area contributed by atoms with Crippen molar-refractivity contribution in [2.75, 3.05) is 10.0 Å². The number of hydrogen-bond acceptors (Lipinski definition) is 7. The number of aromatic nitrogens is 1. The van der Waals surface area contributed by atoms with E-state index in [0.717, 1.165) is 29.0 Å². The van der Waals surface area contributed by atoms with Crippen LogP contribution in [0.2, 0.25) is 0 Å². The van der Waals surface area contributed by atoms with Gasteiger partial charge in [-0.2, -0.15) is 18.4 Å². The highest BCUT2D eigenvalue weighted by Crippen LogP contribution is 2.35. The van der Waals surface area contributed by atoms with E-state index >= 15 is 0 Å². The number of alkyl halides is 3. The highest BCUT2D eigenvalue weighted by molar-refractivity contribution is 7.92. The molecule has 1 saturated carbocycles. The van der Waals surface area contributed by atoms with Crippen LogP contribution in [0, 0.1) is 31.1 Å². The quantitative estimate of drug-likeness (QED) is 0.287. The van der Waals surface area contributed by atoms with Gasteiger partial charge in [0.15, 0.2) is 5.13 Å². The molecule has 0 atom stereocenters. The number of rotatable bonds is 7. The molecule has 1 fully saturated rings. The van der Waals surface area contributed by atoms with E-state index in [1.165, 1.54) is 24.2 Å². The number of carbonyl (C=O) groups excluding carboxylic acids is 1. The summed E-state index contributed by atoms with van der Waals surface area (Å²) in [6.45, 7) is 3.59. The molecular formula is C27H27F3N4O5S2. The number of thiazole rings is 1. The zero-order chi connectivity index (χ0) is 30.4. The summed E-state index contributed by atoms with van der Waals surface area (Å²) in [5, 5.41) is 19.5. The van der Waals surface area contributed by atoms with Gasteiger partial charge in [0.25, 0.3) is 10.0 Å². The first-order valence-corrected chi connectivity index (χ1v) is 14.7. The largest absolute Gasteiger partial charge is 0.490 e. The predicted octanol–water partition coefficient (Wildman–Crippen LogP) is 6.25. The lowest BCUT2D eigenvalue weighted by molar-refractivity contribution is -0.192. The Kier molecular flexibility index (Phi) is 10.1. The average molecular weight is 609 g/mol. The molecule has 1 aliphatic carbocycles. The van der Waals surface area contributed by atoms with E-state index in [1.54, 1.807) is 43.3 Å². The summed E-state index contributed by atoms with van der Waals surface area (Å²) in [4.78, 5) is 26.8. The van der Waals surface area contributed by atoms with Crippen LogP contribution in [0.1, 0.15) is 48.9 Å². The van der Waals surface area contributed by atoms with E-state index in [9.17, 15) is 26.4 Å². The van der Waals surface area contributed by atoms with Gasteiger partial charge in [-0.25, -0.2) is 18.2 Å². The number of halogens is 3. The van der Waals surface area contributed by atoms with Crippen LogP contribution in [0.25, 0.3) is 10.4 Å². The van der Waals surface area contributed by atoms with E-state index in [1.807, 2.05) is 19.1 Å². The Morgan fingerprint density at radius 3 is 2.29 bits per heavy atom. The molecule has 0 saturated heterocycles. The highest BCUT2D eigenvalue weighted by atomic mass is 32.2. The molecule has 2 aromatic carbocycles. The van der Waals surface area contributed by atoms with Gasteiger partial charge in [0.1, 0.15) is 0 Å². The van der Waals surface area contributed by atoms with Gasteiger partial charge < -0.3 is 10.4 Å². The van der Waals surface area contributed by atoms with E-state index in [-0.39, 0.29) is 10.8 Å². The lowest BCUT2D eigenvalue weighted by atomic mass is 10.0. The minimum absolute atomic E-state index is 0.0222. The number of carboxylic acids is 1. The summed E-state index contributed by atoms with van der Waals surface area (Å²) in [5.74, 6) is -2.33. The maximum Gasteiger partial charge on any atom is 0.490 e. The maximum absolute atomic E-state index is 13.1. The topological polar surface area (TPSA) is 149 Å². The first-order chi connectivity index (χ1) is 19.2. The Labute approximate surface area is 239 Å². The van der Waals surface area contributed by atoms with Crippen LogP contribution in [-0.4, -0.2) is 36.6 Å². The van der Waals surface area contributed by atoms with Crippen LogP contribution >= 0.6 is 11.3 Å². The number of aliphatic carboxylic acids is 1.